The Balaban J connectivity index is 0.00000280. The molecule has 1 fully saturated rings. The number of likely N-dealkylation sites (tertiary alicyclic amines) is 1. The molecule has 2 aromatic rings. The van der Waals surface area contributed by atoms with Gasteiger partial charge in [-0.15, -0.1) is 35.3 Å². The Morgan fingerprint density at radius 3 is 2.71 bits per heavy atom. The zero-order chi connectivity index (χ0) is 19.2. The number of aliphatic imine (C=N–C) groups is 1. The molecule has 0 saturated carbocycles. The summed E-state index contributed by atoms with van der Waals surface area (Å²) in [4.78, 5) is 10.6. The largest absolute Gasteiger partial charge is 0.356 e. The highest BCUT2D eigenvalue weighted by molar-refractivity contribution is 14.0. The van der Waals surface area contributed by atoms with Crippen LogP contribution in [-0.4, -0.2) is 54.1 Å². The molecule has 0 spiro atoms. The first-order valence-corrected chi connectivity index (χ1v) is 10.8. The van der Waals surface area contributed by atoms with Crippen LogP contribution in [0.5, 0.6) is 0 Å². The van der Waals surface area contributed by atoms with Gasteiger partial charge in [0.05, 0.1) is 11.6 Å². The van der Waals surface area contributed by atoms with Crippen molar-refractivity contribution in [2.45, 2.75) is 25.9 Å². The maximum absolute atomic E-state index is 6.09. The summed E-state index contributed by atoms with van der Waals surface area (Å²) in [6, 6.07) is 6.38. The van der Waals surface area contributed by atoms with E-state index in [0.717, 1.165) is 30.6 Å². The van der Waals surface area contributed by atoms with Gasteiger partial charge in [-0.3, -0.25) is 9.89 Å². The zero-order valence-corrected chi connectivity index (χ0v) is 20.8. The summed E-state index contributed by atoms with van der Waals surface area (Å²) in [6.45, 7) is 5.22. The molecule has 3 heterocycles. The van der Waals surface area contributed by atoms with Gasteiger partial charge in [0.15, 0.2) is 5.96 Å². The number of aromatic nitrogens is 1. The fraction of sp³-hybridized carbons (Fsp3) is 0.550. The molecule has 0 unspecified atom stereocenters. The highest BCUT2D eigenvalue weighted by Gasteiger charge is 2.20. The third-order valence-electron chi connectivity index (χ3n) is 5.26. The molecule has 28 heavy (non-hydrogen) atoms. The summed E-state index contributed by atoms with van der Waals surface area (Å²) in [5.41, 5.74) is 1.17. The summed E-state index contributed by atoms with van der Waals surface area (Å²) in [7, 11) is 5.94. The van der Waals surface area contributed by atoms with Crippen molar-refractivity contribution >= 4 is 52.9 Å². The maximum Gasteiger partial charge on any atom is 0.193 e. The quantitative estimate of drug-likeness (QED) is 0.341. The summed E-state index contributed by atoms with van der Waals surface area (Å²) >= 11 is 7.95. The van der Waals surface area contributed by atoms with Crippen molar-refractivity contribution < 1.29 is 0 Å². The molecule has 1 aliphatic heterocycles. The van der Waals surface area contributed by atoms with Gasteiger partial charge in [0.1, 0.15) is 0 Å². The van der Waals surface area contributed by atoms with Crippen molar-refractivity contribution in [1.82, 2.24) is 19.7 Å². The molecule has 3 rings (SSSR count). The monoisotopic (exact) mass is 535 g/mol. The lowest BCUT2D eigenvalue weighted by Crippen LogP contribution is -2.43. The average molecular weight is 536 g/mol. The molecule has 1 aliphatic rings. The Kier molecular flexibility index (Phi) is 9.59. The number of nitrogens with zero attached hydrogens (tertiary/aromatic N) is 4. The molecule has 8 heteroatoms. The number of halogens is 2. The molecular weight excluding hydrogens is 505 g/mol. The van der Waals surface area contributed by atoms with Crippen LogP contribution >= 0.6 is 46.9 Å². The third kappa shape index (κ3) is 6.64. The second kappa shape index (κ2) is 11.4. The van der Waals surface area contributed by atoms with E-state index in [4.69, 9.17) is 11.6 Å². The SMILES string of the molecule is CN=C(NCC1CCN(Cc2cccs2)CC1)N(C)Cc1cc(Cl)cn1C.I. The third-order valence-corrected chi connectivity index (χ3v) is 6.33. The minimum atomic E-state index is 0. The van der Waals surface area contributed by atoms with Crippen LogP contribution in [0.2, 0.25) is 5.02 Å². The lowest BCUT2D eigenvalue weighted by Gasteiger charge is -2.32. The van der Waals surface area contributed by atoms with Gasteiger partial charge < -0.3 is 14.8 Å². The number of aryl methyl sites for hydroxylation is 1. The second-order valence-electron chi connectivity index (χ2n) is 7.34. The lowest BCUT2D eigenvalue weighted by molar-refractivity contribution is 0.179. The van der Waals surface area contributed by atoms with Crippen molar-refractivity contribution in [3.63, 3.8) is 0 Å². The van der Waals surface area contributed by atoms with E-state index in [-0.39, 0.29) is 24.0 Å². The van der Waals surface area contributed by atoms with Gasteiger partial charge in [-0.25, -0.2) is 0 Å². The Morgan fingerprint density at radius 2 is 2.14 bits per heavy atom. The van der Waals surface area contributed by atoms with Crippen molar-refractivity contribution in [3.05, 3.63) is 45.4 Å². The van der Waals surface area contributed by atoms with Gasteiger partial charge in [0.25, 0.3) is 0 Å². The lowest BCUT2D eigenvalue weighted by atomic mass is 9.97. The summed E-state index contributed by atoms with van der Waals surface area (Å²) in [5.74, 6) is 1.65. The Bertz CT molecular complexity index is 738. The molecule has 0 aromatic carbocycles. The molecule has 1 N–H and O–H groups in total. The summed E-state index contributed by atoms with van der Waals surface area (Å²) in [6.07, 6.45) is 4.42. The van der Waals surface area contributed by atoms with Gasteiger partial charge >= 0.3 is 0 Å². The van der Waals surface area contributed by atoms with Crippen LogP contribution in [0.15, 0.2) is 34.8 Å². The number of rotatable bonds is 6. The molecule has 0 atom stereocenters. The van der Waals surface area contributed by atoms with Gasteiger partial charge in [-0.05, 0) is 49.4 Å². The first kappa shape index (κ1) is 23.5. The predicted molar refractivity (Wildman–Crippen MR) is 131 cm³/mol. The first-order chi connectivity index (χ1) is 13.0. The van der Waals surface area contributed by atoms with Crippen LogP contribution in [0.25, 0.3) is 0 Å². The van der Waals surface area contributed by atoms with Crippen molar-refractivity contribution in [2.75, 3.05) is 33.7 Å². The average Bonchev–Trinajstić information content (AvgIpc) is 3.26. The smallest absolute Gasteiger partial charge is 0.193 e. The zero-order valence-electron chi connectivity index (χ0n) is 16.9. The van der Waals surface area contributed by atoms with E-state index >= 15 is 0 Å². The van der Waals surface area contributed by atoms with E-state index < -0.39 is 0 Å². The number of nitrogens with one attached hydrogen (secondary N) is 1. The topological polar surface area (TPSA) is 35.8 Å². The van der Waals surface area contributed by atoms with E-state index in [9.17, 15) is 0 Å². The van der Waals surface area contributed by atoms with Crippen molar-refractivity contribution in [3.8, 4) is 0 Å². The molecular formula is C20H31ClIN5S. The van der Waals surface area contributed by atoms with Gasteiger partial charge in [0.2, 0.25) is 0 Å². The highest BCUT2D eigenvalue weighted by Crippen LogP contribution is 2.20. The van der Waals surface area contributed by atoms with Crippen molar-refractivity contribution in [1.29, 1.82) is 0 Å². The van der Waals surface area contributed by atoms with Gasteiger partial charge in [-0.2, -0.15) is 0 Å². The fourth-order valence-electron chi connectivity index (χ4n) is 3.63. The minimum Gasteiger partial charge on any atom is -0.356 e. The summed E-state index contributed by atoms with van der Waals surface area (Å²) < 4.78 is 2.06. The van der Waals surface area contributed by atoms with Crippen LogP contribution in [-0.2, 0) is 20.1 Å². The van der Waals surface area contributed by atoms with Crippen LogP contribution in [0.1, 0.15) is 23.4 Å². The number of thiophene rings is 1. The molecule has 156 valence electrons. The van der Waals surface area contributed by atoms with E-state index in [2.05, 4.69) is 49.2 Å². The molecule has 1 saturated heterocycles. The van der Waals surface area contributed by atoms with E-state index in [1.165, 1.54) is 36.5 Å². The Labute approximate surface area is 194 Å². The predicted octanol–water partition coefficient (Wildman–Crippen LogP) is 4.28. The standard InChI is InChI=1S/C20H30ClN5S.HI/c1-22-20(25(3)14-18-11-17(21)13-24(18)2)23-12-16-6-8-26(9-7-16)15-19-5-4-10-27-19;/h4-5,10-11,13,16H,6-9,12,14-15H2,1-3H3,(H,22,23);1H. The number of guanidine groups is 1. The highest BCUT2D eigenvalue weighted by atomic mass is 127. The maximum atomic E-state index is 6.09. The number of hydrogen-bond acceptors (Lipinski definition) is 3. The van der Waals surface area contributed by atoms with Crippen LogP contribution in [0, 0.1) is 5.92 Å². The van der Waals surface area contributed by atoms with Crippen LogP contribution in [0.3, 0.4) is 0 Å². The summed E-state index contributed by atoms with van der Waals surface area (Å²) in [5, 5.41) is 6.50. The van der Waals surface area contributed by atoms with Crippen molar-refractivity contribution in [2.24, 2.45) is 18.0 Å². The van der Waals surface area contributed by atoms with Crippen LogP contribution in [0.4, 0.5) is 0 Å². The van der Waals surface area contributed by atoms with E-state index in [0.29, 0.717) is 5.92 Å². The normalized spacial score (nSPS) is 16.1. The Hall–Kier alpha value is -0.770. The number of hydrogen-bond donors (Lipinski definition) is 1. The number of piperidine rings is 1. The minimum absolute atomic E-state index is 0. The second-order valence-corrected chi connectivity index (χ2v) is 8.81. The van der Waals surface area contributed by atoms with E-state index in [1.54, 1.807) is 0 Å². The molecule has 0 amide bonds. The van der Waals surface area contributed by atoms with E-state index in [1.807, 2.05) is 37.7 Å². The molecule has 0 aliphatic carbocycles. The van der Waals surface area contributed by atoms with Gasteiger partial charge in [0, 0.05) is 51.0 Å². The Morgan fingerprint density at radius 1 is 1.39 bits per heavy atom. The molecule has 5 nitrogen and oxygen atoms in total. The molecule has 2 aromatic heterocycles. The van der Waals surface area contributed by atoms with Gasteiger partial charge in [-0.1, -0.05) is 17.7 Å². The van der Waals surface area contributed by atoms with Crippen LogP contribution < -0.4 is 5.32 Å². The molecule has 0 bridgehead atoms. The molecule has 0 radical (unpaired) electrons. The first-order valence-electron chi connectivity index (χ1n) is 9.52. The fourth-order valence-corrected chi connectivity index (χ4v) is 4.65.